The van der Waals surface area contributed by atoms with Gasteiger partial charge >= 0.3 is 0 Å². The smallest absolute Gasteiger partial charge is 0.0388 e. The molecule has 0 atom stereocenters. The summed E-state index contributed by atoms with van der Waals surface area (Å²) < 4.78 is 0. The van der Waals surface area contributed by atoms with E-state index in [0.29, 0.717) is 12.1 Å². The molecule has 1 radical (unpaired) electrons. The molecule has 0 bridgehead atoms. The van der Waals surface area contributed by atoms with E-state index in [2.05, 4.69) is 0 Å². The summed E-state index contributed by atoms with van der Waals surface area (Å²) in [5.74, 6) is 0. The van der Waals surface area contributed by atoms with Crippen LogP contribution in [-0.4, -0.2) is 5.71 Å². The largest absolute Gasteiger partial charge is 0.399 e. The average molecular weight is 161 g/mol. The van der Waals surface area contributed by atoms with Crippen molar-refractivity contribution in [2.75, 3.05) is 5.73 Å². The Morgan fingerprint density at radius 1 is 1.42 bits per heavy atom. The molecule has 0 unspecified atom stereocenters. The van der Waals surface area contributed by atoms with Crippen molar-refractivity contribution < 1.29 is 0 Å². The fraction of sp³-hybridized carbons (Fsp3) is 0.200. The molecule has 0 aliphatic rings. The first-order valence-electron chi connectivity index (χ1n) is 3.95. The SMILES string of the molecule is C[CH]CC(=N)c1ccc(N)cc1. The van der Waals surface area contributed by atoms with E-state index in [1.807, 2.05) is 37.6 Å². The van der Waals surface area contributed by atoms with Crippen molar-refractivity contribution in [2.45, 2.75) is 13.3 Å². The van der Waals surface area contributed by atoms with Crippen molar-refractivity contribution in [3.05, 3.63) is 36.2 Å². The van der Waals surface area contributed by atoms with Gasteiger partial charge in [0.25, 0.3) is 0 Å². The van der Waals surface area contributed by atoms with E-state index in [4.69, 9.17) is 11.1 Å². The second-order valence-electron chi connectivity index (χ2n) is 2.71. The molecule has 1 aromatic carbocycles. The van der Waals surface area contributed by atoms with Crippen LogP contribution in [0.3, 0.4) is 0 Å². The number of hydrogen-bond acceptors (Lipinski definition) is 2. The fourth-order valence-electron chi connectivity index (χ4n) is 1.01. The zero-order chi connectivity index (χ0) is 8.97. The van der Waals surface area contributed by atoms with Crippen molar-refractivity contribution in [2.24, 2.45) is 0 Å². The summed E-state index contributed by atoms with van der Waals surface area (Å²) in [4.78, 5) is 0. The number of rotatable bonds is 3. The normalized spacial score (nSPS) is 9.75. The van der Waals surface area contributed by atoms with Gasteiger partial charge in [-0.15, -0.1) is 0 Å². The maximum atomic E-state index is 7.63. The molecule has 1 rings (SSSR count). The molecule has 3 N–H and O–H groups in total. The van der Waals surface area contributed by atoms with Gasteiger partial charge in [-0.05, 0) is 30.5 Å². The number of anilines is 1. The molecule has 12 heavy (non-hydrogen) atoms. The van der Waals surface area contributed by atoms with Crippen LogP contribution in [0.25, 0.3) is 0 Å². The van der Waals surface area contributed by atoms with Gasteiger partial charge in [-0.2, -0.15) is 0 Å². The molecule has 0 aromatic heterocycles. The van der Waals surface area contributed by atoms with Crippen molar-refractivity contribution >= 4 is 11.4 Å². The monoisotopic (exact) mass is 161 g/mol. The Morgan fingerprint density at radius 2 is 2.00 bits per heavy atom. The zero-order valence-corrected chi connectivity index (χ0v) is 7.17. The van der Waals surface area contributed by atoms with Gasteiger partial charge < -0.3 is 11.1 Å². The topological polar surface area (TPSA) is 49.9 Å². The van der Waals surface area contributed by atoms with Crippen molar-refractivity contribution in [3.8, 4) is 0 Å². The minimum atomic E-state index is 0.637. The second-order valence-corrected chi connectivity index (χ2v) is 2.71. The highest BCUT2D eigenvalue weighted by molar-refractivity contribution is 5.98. The van der Waals surface area contributed by atoms with Crippen LogP contribution >= 0.6 is 0 Å². The highest BCUT2D eigenvalue weighted by Crippen LogP contribution is 2.08. The summed E-state index contributed by atoms with van der Waals surface area (Å²) in [5.41, 5.74) is 7.85. The molecule has 0 heterocycles. The van der Waals surface area contributed by atoms with E-state index in [-0.39, 0.29) is 0 Å². The molecule has 0 saturated carbocycles. The lowest BCUT2D eigenvalue weighted by atomic mass is 10.1. The van der Waals surface area contributed by atoms with Gasteiger partial charge in [0, 0.05) is 11.4 Å². The van der Waals surface area contributed by atoms with Gasteiger partial charge in [0.05, 0.1) is 0 Å². The average Bonchev–Trinajstić information content (AvgIpc) is 2.06. The van der Waals surface area contributed by atoms with Crippen LogP contribution in [0.1, 0.15) is 18.9 Å². The quantitative estimate of drug-likeness (QED) is 0.518. The van der Waals surface area contributed by atoms with Crippen molar-refractivity contribution in [1.82, 2.24) is 0 Å². The van der Waals surface area contributed by atoms with Crippen molar-refractivity contribution in [3.63, 3.8) is 0 Å². The van der Waals surface area contributed by atoms with Crippen LogP contribution in [0, 0.1) is 11.8 Å². The number of nitrogens with two attached hydrogens (primary N) is 1. The molecule has 0 spiro atoms. The maximum absolute atomic E-state index is 7.63. The molecule has 2 heteroatoms. The summed E-state index contributed by atoms with van der Waals surface area (Å²) in [6.45, 7) is 1.95. The summed E-state index contributed by atoms with van der Waals surface area (Å²) in [6.07, 6.45) is 2.68. The Hall–Kier alpha value is -1.31. The number of benzene rings is 1. The second kappa shape index (κ2) is 3.90. The highest BCUT2D eigenvalue weighted by Gasteiger charge is 1.98. The molecule has 0 fully saturated rings. The summed E-state index contributed by atoms with van der Waals surface area (Å²) in [7, 11) is 0. The van der Waals surface area contributed by atoms with Gasteiger partial charge in [-0.3, -0.25) is 0 Å². The Balaban J connectivity index is 2.75. The number of nitrogen functional groups attached to an aromatic ring is 1. The van der Waals surface area contributed by atoms with Gasteiger partial charge in [0.15, 0.2) is 0 Å². The maximum Gasteiger partial charge on any atom is 0.0388 e. The third-order valence-electron chi connectivity index (χ3n) is 1.67. The minimum absolute atomic E-state index is 0.637. The minimum Gasteiger partial charge on any atom is -0.399 e. The molecule has 0 amide bonds. The van der Waals surface area contributed by atoms with Crippen LogP contribution in [0.4, 0.5) is 5.69 Å². The predicted molar refractivity (Wildman–Crippen MR) is 52.3 cm³/mol. The lowest BCUT2D eigenvalue weighted by Gasteiger charge is -2.01. The molecule has 2 nitrogen and oxygen atoms in total. The van der Waals surface area contributed by atoms with Crippen LogP contribution in [0.5, 0.6) is 0 Å². The first-order chi connectivity index (χ1) is 5.74. The first-order valence-corrected chi connectivity index (χ1v) is 3.95. The third-order valence-corrected chi connectivity index (χ3v) is 1.67. The van der Waals surface area contributed by atoms with E-state index < -0.39 is 0 Å². The van der Waals surface area contributed by atoms with Crippen LogP contribution < -0.4 is 5.73 Å². The molecule has 0 aliphatic carbocycles. The Morgan fingerprint density at radius 3 is 2.50 bits per heavy atom. The van der Waals surface area contributed by atoms with Crippen LogP contribution in [-0.2, 0) is 0 Å². The van der Waals surface area contributed by atoms with E-state index >= 15 is 0 Å². The lowest BCUT2D eigenvalue weighted by Crippen LogP contribution is -1.98. The van der Waals surface area contributed by atoms with Gasteiger partial charge in [-0.1, -0.05) is 19.1 Å². The summed E-state index contributed by atoms with van der Waals surface area (Å²) >= 11 is 0. The van der Waals surface area contributed by atoms with Gasteiger partial charge in [0.1, 0.15) is 0 Å². The summed E-state index contributed by atoms with van der Waals surface area (Å²) in [5, 5.41) is 7.63. The molecule has 0 aliphatic heterocycles. The van der Waals surface area contributed by atoms with E-state index in [1.54, 1.807) is 0 Å². The zero-order valence-electron chi connectivity index (χ0n) is 7.17. The first kappa shape index (κ1) is 8.78. The molecular formula is C10H13N2. The van der Waals surface area contributed by atoms with Gasteiger partial charge in [-0.25, -0.2) is 0 Å². The van der Waals surface area contributed by atoms with E-state index in [1.165, 1.54) is 0 Å². The summed E-state index contributed by atoms with van der Waals surface area (Å²) in [6, 6.07) is 7.39. The fourth-order valence-corrected chi connectivity index (χ4v) is 1.01. The number of hydrogen-bond donors (Lipinski definition) is 2. The third kappa shape index (κ3) is 2.09. The van der Waals surface area contributed by atoms with Crippen LogP contribution in [0.2, 0.25) is 0 Å². The van der Waals surface area contributed by atoms with Crippen molar-refractivity contribution in [1.29, 1.82) is 5.41 Å². The van der Waals surface area contributed by atoms with Crippen LogP contribution in [0.15, 0.2) is 24.3 Å². The molecule has 1 aromatic rings. The predicted octanol–water partition coefficient (Wildman–Crippen LogP) is 2.25. The van der Waals surface area contributed by atoms with Gasteiger partial charge in [0.2, 0.25) is 0 Å². The molecule has 63 valence electrons. The molecule has 0 saturated heterocycles. The Bertz CT molecular complexity index is 262. The molecular weight excluding hydrogens is 148 g/mol. The Labute approximate surface area is 72.9 Å². The number of nitrogens with one attached hydrogen (secondary N) is 1. The van der Waals surface area contributed by atoms with E-state index in [9.17, 15) is 0 Å². The van der Waals surface area contributed by atoms with E-state index in [0.717, 1.165) is 11.3 Å². The Kier molecular flexibility index (Phi) is 2.86. The lowest BCUT2D eigenvalue weighted by molar-refractivity contribution is 1.23. The standard InChI is InChI=1S/C10H13N2/c1-2-3-10(12)8-4-6-9(11)7-5-8/h2,4-7,12H,3,11H2,1H3. The highest BCUT2D eigenvalue weighted by atomic mass is 14.5.